The third-order valence-corrected chi connectivity index (χ3v) is 6.20. The lowest BCUT2D eigenvalue weighted by Gasteiger charge is -2.19. The summed E-state index contributed by atoms with van der Waals surface area (Å²) in [5.74, 6) is 0.121. The second-order valence-corrected chi connectivity index (χ2v) is 9.05. The molecular weight excluding hydrogens is 286 g/mol. The molecule has 0 aliphatic heterocycles. The van der Waals surface area contributed by atoms with Crippen molar-refractivity contribution in [2.75, 3.05) is 12.8 Å². The highest BCUT2D eigenvalue weighted by molar-refractivity contribution is 7.92. The van der Waals surface area contributed by atoms with E-state index in [4.69, 9.17) is 0 Å². The number of nitrogens with one attached hydrogen (secondary N) is 1. The van der Waals surface area contributed by atoms with Crippen LogP contribution < -0.4 is 5.32 Å². The van der Waals surface area contributed by atoms with Crippen molar-refractivity contribution in [2.24, 2.45) is 0 Å². The number of hydrogen-bond donors (Lipinski definition) is 1. The fourth-order valence-corrected chi connectivity index (χ4v) is 3.27. The Bertz CT molecular complexity index is 727. The van der Waals surface area contributed by atoms with E-state index in [1.807, 2.05) is 29.9 Å². The van der Waals surface area contributed by atoms with E-state index in [9.17, 15) is 8.42 Å². The van der Waals surface area contributed by atoms with Crippen molar-refractivity contribution in [1.29, 1.82) is 0 Å². The summed E-state index contributed by atoms with van der Waals surface area (Å²) in [6, 6.07) is 3.92. The van der Waals surface area contributed by atoms with Crippen LogP contribution in [0.4, 0.5) is 0 Å². The maximum absolute atomic E-state index is 12.2. The molecule has 0 aromatic carbocycles. The van der Waals surface area contributed by atoms with Crippen LogP contribution >= 0.6 is 0 Å². The van der Waals surface area contributed by atoms with Gasteiger partial charge in [0.15, 0.2) is 9.84 Å². The number of aryl methyl sites for hydroxylation is 1. The minimum atomic E-state index is -3.13. The Morgan fingerprint density at radius 3 is 2.67 bits per heavy atom. The highest BCUT2D eigenvalue weighted by atomic mass is 32.2. The predicted octanol–water partition coefficient (Wildman–Crippen LogP) is 1.97. The first-order valence-corrected chi connectivity index (χ1v) is 8.71. The highest BCUT2D eigenvalue weighted by Crippen LogP contribution is 2.21. The molecule has 0 radical (unpaired) electrons. The molecule has 0 bridgehead atoms. The monoisotopic (exact) mass is 309 g/mol. The van der Waals surface area contributed by atoms with Gasteiger partial charge in [-0.25, -0.2) is 13.4 Å². The van der Waals surface area contributed by atoms with Crippen LogP contribution in [0.15, 0.2) is 24.5 Å². The second kappa shape index (κ2) is 5.77. The van der Waals surface area contributed by atoms with Gasteiger partial charge in [-0.1, -0.05) is 0 Å². The molecule has 1 N–H and O–H groups in total. The fourth-order valence-electron chi connectivity index (χ4n) is 2.22. The number of fused-ring (bicyclic) bond motifs is 1. The minimum absolute atomic E-state index is 0.121. The molecule has 0 atom stereocenters. The van der Waals surface area contributed by atoms with Crippen molar-refractivity contribution < 1.29 is 8.42 Å². The minimum Gasteiger partial charge on any atom is -0.331 e. The smallest absolute Gasteiger partial charge is 0.156 e. The first-order valence-electron chi connectivity index (χ1n) is 7.06. The molecule has 2 aromatic heterocycles. The van der Waals surface area contributed by atoms with Crippen LogP contribution in [-0.4, -0.2) is 35.5 Å². The molecular formula is C15H23N3O2S. The Hall–Kier alpha value is -1.40. The molecule has 0 aliphatic carbocycles. The molecule has 21 heavy (non-hydrogen) atoms. The van der Waals surface area contributed by atoms with Gasteiger partial charge in [-0.2, -0.15) is 0 Å². The average Bonchev–Trinajstić information content (AvgIpc) is 2.75. The summed E-state index contributed by atoms with van der Waals surface area (Å²) in [6.45, 7) is 6.38. The second-order valence-electron chi connectivity index (χ2n) is 6.18. The van der Waals surface area contributed by atoms with Crippen LogP contribution in [0, 0.1) is 0 Å². The van der Waals surface area contributed by atoms with E-state index < -0.39 is 14.6 Å². The third-order valence-electron chi connectivity index (χ3n) is 3.62. The first-order chi connectivity index (χ1) is 9.76. The molecule has 6 heteroatoms. The lowest BCUT2D eigenvalue weighted by atomic mass is 10.2. The average molecular weight is 309 g/mol. The van der Waals surface area contributed by atoms with Crippen LogP contribution in [-0.2, 0) is 22.9 Å². The van der Waals surface area contributed by atoms with Gasteiger partial charge >= 0.3 is 0 Å². The molecule has 0 amide bonds. The Morgan fingerprint density at radius 1 is 1.33 bits per heavy atom. The van der Waals surface area contributed by atoms with Crippen LogP contribution in [0.1, 0.15) is 26.3 Å². The van der Waals surface area contributed by atoms with Crippen LogP contribution in [0.3, 0.4) is 0 Å². The molecule has 0 unspecified atom stereocenters. The van der Waals surface area contributed by atoms with Crippen molar-refractivity contribution in [1.82, 2.24) is 14.9 Å². The largest absolute Gasteiger partial charge is 0.331 e. The maximum Gasteiger partial charge on any atom is 0.156 e. The zero-order valence-electron chi connectivity index (χ0n) is 13.0. The number of nitrogens with zero attached hydrogens (tertiary/aromatic N) is 2. The summed E-state index contributed by atoms with van der Waals surface area (Å²) in [7, 11) is -1.24. The van der Waals surface area contributed by atoms with E-state index in [1.165, 1.54) is 0 Å². The Labute approximate surface area is 126 Å². The molecule has 0 spiro atoms. The van der Waals surface area contributed by atoms with Gasteiger partial charge in [-0.15, -0.1) is 0 Å². The van der Waals surface area contributed by atoms with Crippen molar-refractivity contribution in [3.63, 3.8) is 0 Å². The first kappa shape index (κ1) is 16.0. The van der Waals surface area contributed by atoms with Crippen molar-refractivity contribution in [3.8, 4) is 0 Å². The van der Waals surface area contributed by atoms with E-state index in [2.05, 4.69) is 10.3 Å². The molecule has 0 saturated heterocycles. The topological polar surface area (TPSA) is 64.0 Å². The third kappa shape index (κ3) is 3.27. The zero-order valence-corrected chi connectivity index (χ0v) is 13.9. The lowest BCUT2D eigenvalue weighted by molar-refractivity contribution is 0.554. The van der Waals surface area contributed by atoms with Gasteiger partial charge in [0.2, 0.25) is 0 Å². The van der Waals surface area contributed by atoms with Crippen LogP contribution in [0.25, 0.3) is 11.0 Å². The summed E-state index contributed by atoms with van der Waals surface area (Å²) in [6.07, 6.45) is 3.73. The van der Waals surface area contributed by atoms with E-state index in [-0.39, 0.29) is 5.75 Å². The number of rotatable bonds is 5. The van der Waals surface area contributed by atoms with E-state index >= 15 is 0 Å². The summed E-state index contributed by atoms with van der Waals surface area (Å²) >= 11 is 0. The van der Waals surface area contributed by atoms with Gasteiger partial charge in [0, 0.05) is 30.9 Å². The summed E-state index contributed by atoms with van der Waals surface area (Å²) in [5, 5.41) is 4.20. The predicted molar refractivity (Wildman–Crippen MR) is 86.0 cm³/mol. The Morgan fingerprint density at radius 2 is 2.05 bits per heavy atom. The fraction of sp³-hybridized carbons (Fsp3) is 0.533. The van der Waals surface area contributed by atoms with Gasteiger partial charge in [-0.3, -0.25) is 0 Å². The number of pyridine rings is 1. The van der Waals surface area contributed by atoms with E-state index in [0.29, 0.717) is 6.54 Å². The maximum atomic E-state index is 12.2. The Balaban J connectivity index is 2.31. The molecule has 116 valence electrons. The summed E-state index contributed by atoms with van der Waals surface area (Å²) in [5.41, 5.74) is 1.97. The molecule has 5 nitrogen and oxygen atoms in total. The zero-order chi connectivity index (χ0) is 15.7. The quantitative estimate of drug-likeness (QED) is 0.917. The Kier molecular flexibility index (Phi) is 4.39. The van der Waals surface area contributed by atoms with Gasteiger partial charge in [0.1, 0.15) is 5.65 Å². The van der Waals surface area contributed by atoms with Gasteiger partial charge in [0.25, 0.3) is 0 Å². The van der Waals surface area contributed by atoms with Gasteiger partial charge in [0.05, 0.1) is 10.5 Å². The number of aromatic nitrogens is 2. The molecule has 0 aliphatic rings. The molecule has 2 heterocycles. The molecule has 0 saturated carbocycles. The number of hydrogen-bond acceptors (Lipinski definition) is 4. The molecule has 2 rings (SSSR count). The van der Waals surface area contributed by atoms with E-state index in [0.717, 1.165) is 23.1 Å². The normalized spacial score (nSPS) is 13.0. The van der Waals surface area contributed by atoms with Gasteiger partial charge < -0.3 is 9.88 Å². The summed E-state index contributed by atoms with van der Waals surface area (Å²) in [4.78, 5) is 4.39. The van der Waals surface area contributed by atoms with Gasteiger partial charge in [-0.05, 0) is 45.5 Å². The SMILES string of the molecule is CNCc1cn(CCS(=O)(=O)C(C)(C)C)c2ncccc12. The number of sulfone groups is 1. The lowest BCUT2D eigenvalue weighted by Crippen LogP contribution is -2.31. The molecule has 2 aromatic rings. The summed E-state index contributed by atoms with van der Waals surface area (Å²) < 4.78 is 25.7. The highest BCUT2D eigenvalue weighted by Gasteiger charge is 2.28. The van der Waals surface area contributed by atoms with Crippen LogP contribution in [0.2, 0.25) is 0 Å². The van der Waals surface area contributed by atoms with Crippen molar-refractivity contribution in [3.05, 3.63) is 30.1 Å². The standard InChI is InChI=1S/C15H23N3O2S/c1-15(2,3)21(19,20)9-8-18-11-12(10-16-4)13-6-5-7-17-14(13)18/h5-7,11,16H,8-10H2,1-4H3. The molecule has 0 fully saturated rings. The van der Waals surface area contributed by atoms with Crippen molar-refractivity contribution >= 4 is 20.9 Å². The van der Waals surface area contributed by atoms with E-state index in [1.54, 1.807) is 27.0 Å². The van der Waals surface area contributed by atoms with Crippen molar-refractivity contribution in [2.45, 2.75) is 38.6 Å². The van der Waals surface area contributed by atoms with Crippen LogP contribution in [0.5, 0.6) is 0 Å².